The molecule has 0 radical (unpaired) electrons. The van der Waals surface area contributed by atoms with Crippen LogP contribution in [-0.2, 0) is 0 Å². The first-order valence-corrected chi connectivity index (χ1v) is 7.38. The van der Waals surface area contributed by atoms with Crippen LogP contribution in [-0.4, -0.2) is 17.7 Å². The number of hydrogen-bond donors (Lipinski definition) is 1. The lowest BCUT2D eigenvalue weighted by molar-refractivity contribution is 0.198. The maximum atomic E-state index is 14.3. The van der Waals surface area contributed by atoms with E-state index in [2.05, 4.69) is 11.8 Å². The fraction of sp³-hybridized carbons (Fsp3) is 0.625. The van der Waals surface area contributed by atoms with E-state index in [1.165, 1.54) is 12.5 Å². The van der Waals surface area contributed by atoms with Crippen molar-refractivity contribution in [1.82, 2.24) is 0 Å². The Kier molecular flexibility index (Phi) is 4.81. The van der Waals surface area contributed by atoms with Gasteiger partial charge in [0, 0.05) is 18.2 Å². The van der Waals surface area contributed by atoms with Gasteiger partial charge in [-0.15, -0.1) is 0 Å². The maximum Gasteiger partial charge on any atom is 0.146 e. The number of piperidine rings is 1. The van der Waals surface area contributed by atoms with Crippen molar-refractivity contribution < 1.29 is 9.50 Å². The van der Waals surface area contributed by atoms with Crippen molar-refractivity contribution in [3.8, 4) is 0 Å². The first-order valence-electron chi connectivity index (χ1n) is 7.38. The molecule has 19 heavy (non-hydrogen) atoms. The molecular weight excluding hydrogens is 241 g/mol. The zero-order chi connectivity index (χ0) is 13.8. The molecule has 1 saturated heterocycles. The van der Waals surface area contributed by atoms with Crippen LogP contribution in [0.3, 0.4) is 0 Å². The molecule has 1 unspecified atom stereocenters. The maximum absolute atomic E-state index is 14.3. The molecule has 2 rings (SSSR count). The quantitative estimate of drug-likeness (QED) is 0.888. The van der Waals surface area contributed by atoms with Crippen LogP contribution in [0, 0.1) is 5.82 Å². The van der Waals surface area contributed by atoms with Crippen molar-refractivity contribution in [2.45, 2.75) is 58.1 Å². The van der Waals surface area contributed by atoms with Gasteiger partial charge in [-0.25, -0.2) is 4.39 Å². The normalized spacial score (nSPS) is 21.5. The van der Waals surface area contributed by atoms with Gasteiger partial charge < -0.3 is 10.0 Å². The molecule has 1 N–H and O–H groups in total. The van der Waals surface area contributed by atoms with Crippen LogP contribution in [0.15, 0.2) is 18.2 Å². The molecule has 0 saturated carbocycles. The van der Waals surface area contributed by atoms with Crippen molar-refractivity contribution in [1.29, 1.82) is 0 Å². The third kappa shape index (κ3) is 3.08. The van der Waals surface area contributed by atoms with Gasteiger partial charge in [-0.05, 0) is 38.7 Å². The van der Waals surface area contributed by atoms with E-state index in [1.54, 1.807) is 13.0 Å². The van der Waals surface area contributed by atoms with Gasteiger partial charge >= 0.3 is 0 Å². The van der Waals surface area contributed by atoms with Crippen LogP contribution < -0.4 is 4.90 Å². The van der Waals surface area contributed by atoms with E-state index in [4.69, 9.17) is 0 Å². The molecule has 2 nitrogen and oxygen atoms in total. The van der Waals surface area contributed by atoms with Gasteiger partial charge in [-0.3, -0.25) is 0 Å². The van der Waals surface area contributed by atoms with Gasteiger partial charge in [0.25, 0.3) is 0 Å². The fourth-order valence-corrected chi connectivity index (χ4v) is 3.10. The van der Waals surface area contributed by atoms with Crippen molar-refractivity contribution in [2.24, 2.45) is 0 Å². The smallest absolute Gasteiger partial charge is 0.146 e. The minimum Gasteiger partial charge on any atom is -0.389 e. The number of rotatable bonds is 4. The Labute approximate surface area is 115 Å². The Hall–Kier alpha value is -1.09. The van der Waals surface area contributed by atoms with Gasteiger partial charge in [0.15, 0.2) is 0 Å². The molecule has 106 valence electrons. The lowest BCUT2D eigenvalue weighted by atomic mass is 9.95. The molecule has 1 aromatic rings. The lowest BCUT2D eigenvalue weighted by Crippen LogP contribution is -2.40. The minimum absolute atomic E-state index is 0.207. The fourth-order valence-electron chi connectivity index (χ4n) is 3.10. The van der Waals surface area contributed by atoms with Crippen LogP contribution in [0.5, 0.6) is 0 Å². The number of aliphatic hydroxyl groups is 1. The van der Waals surface area contributed by atoms with Crippen molar-refractivity contribution >= 4 is 5.69 Å². The number of para-hydroxylation sites is 1. The van der Waals surface area contributed by atoms with E-state index in [9.17, 15) is 9.50 Å². The van der Waals surface area contributed by atoms with E-state index in [0.717, 1.165) is 32.2 Å². The SMILES string of the molecule is CCCC1CCCCN1c1c(F)cccc1[C@H](C)O. The van der Waals surface area contributed by atoms with Crippen LogP contribution in [0.25, 0.3) is 0 Å². The summed E-state index contributed by atoms with van der Waals surface area (Å²) in [6.45, 7) is 4.77. The Morgan fingerprint density at radius 2 is 2.21 bits per heavy atom. The highest BCUT2D eigenvalue weighted by molar-refractivity contribution is 5.56. The van der Waals surface area contributed by atoms with E-state index in [0.29, 0.717) is 17.3 Å². The molecule has 1 aromatic carbocycles. The average molecular weight is 265 g/mol. The van der Waals surface area contributed by atoms with Crippen LogP contribution >= 0.6 is 0 Å². The highest BCUT2D eigenvalue weighted by Gasteiger charge is 2.27. The molecule has 2 atom stereocenters. The van der Waals surface area contributed by atoms with Crippen LogP contribution in [0.4, 0.5) is 10.1 Å². The van der Waals surface area contributed by atoms with Gasteiger partial charge in [0.1, 0.15) is 5.82 Å². The van der Waals surface area contributed by atoms with Crippen molar-refractivity contribution in [2.75, 3.05) is 11.4 Å². The Morgan fingerprint density at radius 3 is 2.89 bits per heavy atom. The number of hydrogen-bond acceptors (Lipinski definition) is 2. The van der Waals surface area contributed by atoms with Gasteiger partial charge in [0.05, 0.1) is 11.8 Å². The molecular formula is C16H24FNO. The number of aliphatic hydroxyl groups excluding tert-OH is 1. The summed E-state index contributed by atoms with van der Waals surface area (Å²) >= 11 is 0. The summed E-state index contributed by atoms with van der Waals surface area (Å²) in [5.74, 6) is -0.207. The second-order valence-corrected chi connectivity index (χ2v) is 5.49. The largest absolute Gasteiger partial charge is 0.389 e. The number of halogens is 1. The number of anilines is 1. The molecule has 1 fully saturated rings. The predicted molar refractivity (Wildman–Crippen MR) is 76.9 cm³/mol. The van der Waals surface area contributed by atoms with Gasteiger partial charge in [0.2, 0.25) is 0 Å². The van der Waals surface area contributed by atoms with Gasteiger partial charge in [-0.1, -0.05) is 25.5 Å². The Bertz CT molecular complexity index is 417. The minimum atomic E-state index is -0.630. The summed E-state index contributed by atoms with van der Waals surface area (Å²) in [5, 5.41) is 9.88. The zero-order valence-electron chi connectivity index (χ0n) is 11.9. The van der Waals surface area contributed by atoms with Gasteiger partial charge in [-0.2, -0.15) is 0 Å². The van der Waals surface area contributed by atoms with E-state index >= 15 is 0 Å². The first kappa shape index (κ1) is 14.3. The molecule has 0 aromatic heterocycles. The van der Waals surface area contributed by atoms with Crippen molar-refractivity contribution in [3.05, 3.63) is 29.6 Å². The topological polar surface area (TPSA) is 23.5 Å². The van der Waals surface area contributed by atoms with E-state index < -0.39 is 6.10 Å². The summed E-state index contributed by atoms with van der Waals surface area (Å²) in [7, 11) is 0. The molecule has 0 aliphatic carbocycles. The third-order valence-corrected chi connectivity index (χ3v) is 4.00. The highest BCUT2D eigenvalue weighted by Crippen LogP contribution is 2.34. The van der Waals surface area contributed by atoms with E-state index in [-0.39, 0.29) is 5.82 Å². The standard InChI is InChI=1S/C16H24FNO/c1-3-7-13-8-4-5-11-18(13)16-14(12(2)19)9-6-10-15(16)17/h6,9-10,12-13,19H,3-5,7-8,11H2,1-2H3/t12-,13?/m0/s1. The summed E-state index contributed by atoms with van der Waals surface area (Å²) in [6, 6.07) is 5.42. The zero-order valence-corrected chi connectivity index (χ0v) is 11.9. The molecule has 0 bridgehead atoms. The lowest BCUT2D eigenvalue weighted by Gasteiger charge is -2.39. The second-order valence-electron chi connectivity index (χ2n) is 5.49. The van der Waals surface area contributed by atoms with E-state index in [1.807, 2.05) is 6.07 Å². The average Bonchev–Trinajstić information content (AvgIpc) is 2.40. The number of benzene rings is 1. The molecule has 1 heterocycles. The van der Waals surface area contributed by atoms with Crippen LogP contribution in [0.2, 0.25) is 0 Å². The predicted octanol–water partition coefficient (Wildman–Crippen LogP) is 4.04. The summed E-state index contributed by atoms with van der Waals surface area (Å²) in [4.78, 5) is 2.18. The molecule has 3 heteroatoms. The molecule has 0 amide bonds. The molecule has 0 spiro atoms. The molecule has 1 aliphatic rings. The van der Waals surface area contributed by atoms with Crippen LogP contribution in [0.1, 0.15) is 57.6 Å². The number of nitrogens with zero attached hydrogens (tertiary/aromatic N) is 1. The Morgan fingerprint density at radius 1 is 1.42 bits per heavy atom. The first-order chi connectivity index (χ1) is 9.15. The third-order valence-electron chi connectivity index (χ3n) is 4.00. The summed E-state index contributed by atoms with van der Waals surface area (Å²) in [6.07, 6.45) is 5.03. The Balaban J connectivity index is 2.37. The molecule has 1 aliphatic heterocycles. The summed E-state index contributed by atoms with van der Waals surface area (Å²) in [5.41, 5.74) is 1.33. The monoisotopic (exact) mass is 265 g/mol. The second kappa shape index (κ2) is 6.38. The summed E-state index contributed by atoms with van der Waals surface area (Å²) < 4.78 is 14.3. The highest BCUT2D eigenvalue weighted by atomic mass is 19.1. The van der Waals surface area contributed by atoms with Crippen molar-refractivity contribution in [3.63, 3.8) is 0 Å².